The molecule has 2 heterocycles. The first-order chi connectivity index (χ1) is 8.90. The van der Waals surface area contributed by atoms with Crippen molar-refractivity contribution in [2.75, 3.05) is 6.54 Å². The third kappa shape index (κ3) is 3.14. The molecule has 0 saturated heterocycles. The second kappa shape index (κ2) is 5.32. The number of halogens is 1. The highest BCUT2D eigenvalue weighted by molar-refractivity contribution is 7.89. The molecular formula is C10H14ClN5O2S. The quantitative estimate of drug-likeness (QED) is 0.863. The van der Waals surface area contributed by atoms with Crippen molar-refractivity contribution in [2.24, 2.45) is 14.1 Å². The van der Waals surface area contributed by atoms with E-state index in [1.165, 1.54) is 10.9 Å². The van der Waals surface area contributed by atoms with E-state index in [1.54, 1.807) is 25.0 Å². The number of nitrogens with zero attached hydrogens (tertiary/aromatic N) is 4. The molecule has 7 nitrogen and oxygen atoms in total. The summed E-state index contributed by atoms with van der Waals surface area (Å²) in [6.07, 6.45) is 5.44. The van der Waals surface area contributed by atoms with Crippen LogP contribution in [0.15, 0.2) is 23.7 Å². The van der Waals surface area contributed by atoms with Crippen LogP contribution >= 0.6 is 11.6 Å². The number of imidazole rings is 1. The zero-order valence-electron chi connectivity index (χ0n) is 10.5. The summed E-state index contributed by atoms with van der Waals surface area (Å²) in [6.45, 7) is 0.265. The molecule has 19 heavy (non-hydrogen) atoms. The van der Waals surface area contributed by atoms with Crippen molar-refractivity contribution in [3.63, 3.8) is 0 Å². The number of aromatic nitrogens is 4. The number of hydrogen-bond donors (Lipinski definition) is 1. The molecule has 0 unspecified atom stereocenters. The van der Waals surface area contributed by atoms with Gasteiger partial charge in [-0.15, -0.1) is 0 Å². The fraction of sp³-hybridized carbons (Fsp3) is 0.400. The average Bonchev–Trinajstić information content (AvgIpc) is 2.87. The van der Waals surface area contributed by atoms with E-state index in [0.717, 1.165) is 5.56 Å². The standard InChI is InChI=1S/C10H14ClN5O2S/c1-15-7-12-10(9(15)11)19(17,18)14-4-3-8-5-13-16(2)6-8/h5-7,14H,3-4H2,1-2H3. The molecule has 0 amide bonds. The van der Waals surface area contributed by atoms with Gasteiger partial charge in [0.15, 0.2) is 0 Å². The molecular weight excluding hydrogens is 290 g/mol. The minimum Gasteiger partial charge on any atom is -0.324 e. The van der Waals surface area contributed by atoms with E-state index in [4.69, 9.17) is 11.6 Å². The summed E-state index contributed by atoms with van der Waals surface area (Å²) in [5.74, 6) is 0. The SMILES string of the molecule is Cn1cc(CCNS(=O)(=O)c2ncn(C)c2Cl)cn1. The van der Waals surface area contributed by atoms with Gasteiger partial charge in [0.1, 0.15) is 5.15 Å². The van der Waals surface area contributed by atoms with Crippen molar-refractivity contribution in [1.82, 2.24) is 24.1 Å². The van der Waals surface area contributed by atoms with Gasteiger partial charge in [0.25, 0.3) is 10.0 Å². The van der Waals surface area contributed by atoms with E-state index in [-0.39, 0.29) is 16.7 Å². The van der Waals surface area contributed by atoms with E-state index in [1.807, 2.05) is 6.20 Å². The summed E-state index contributed by atoms with van der Waals surface area (Å²) < 4.78 is 29.5. The van der Waals surface area contributed by atoms with Crippen LogP contribution in [0.2, 0.25) is 5.15 Å². The summed E-state index contributed by atoms with van der Waals surface area (Å²) in [4.78, 5) is 3.78. The number of sulfonamides is 1. The van der Waals surface area contributed by atoms with Gasteiger partial charge in [0.05, 0.1) is 12.5 Å². The zero-order chi connectivity index (χ0) is 14.0. The smallest absolute Gasteiger partial charge is 0.261 e. The van der Waals surface area contributed by atoms with Gasteiger partial charge in [0.2, 0.25) is 5.03 Å². The second-order valence-corrected chi connectivity index (χ2v) is 6.16. The Kier molecular flexibility index (Phi) is 3.93. The van der Waals surface area contributed by atoms with E-state index in [2.05, 4.69) is 14.8 Å². The van der Waals surface area contributed by atoms with Crippen LogP contribution in [0.5, 0.6) is 0 Å². The highest BCUT2D eigenvalue weighted by atomic mass is 35.5. The maximum absolute atomic E-state index is 12.0. The Morgan fingerprint density at radius 3 is 2.68 bits per heavy atom. The van der Waals surface area contributed by atoms with Gasteiger partial charge in [-0.25, -0.2) is 18.1 Å². The van der Waals surface area contributed by atoms with E-state index >= 15 is 0 Å². The number of hydrogen-bond acceptors (Lipinski definition) is 4. The predicted octanol–water partition coefficient (Wildman–Crippen LogP) is 0.328. The average molecular weight is 304 g/mol. The maximum atomic E-state index is 12.0. The summed E-state index contributed by atoms with van der Waals surface area (Å²) in [5, 5.41) is 3.95. The van der Waals surface area contributed by atoms with Crippen LogP contribution in [0.4, 0.5) is 0 Å². The van der Waals surface area contributed by atoms with Crippen molar-refractivity contribution in [1.29, 1.82) is 0 Å². The third-order valence-electron chi connectivity index (χ3n) is 2.55. The molecule has 0 aliphatic rings. The number of aryl methyl sites for hydroxylation is 2. The fourth-order valence-electron chi connectivity index (χ4n) is 1.57. The van der Waals surface area contributed by atoms with Gasteiger partial charge >= 0.3 is 0 Å². The molecule has 9 heteroatoms. The molecule has 2 aromatic heterocycles. The van der Waals surface area contributed by atoms with Crippen molar-refractivity contribution in [3.8, 4) is 0 Å². The van der Waals surface area contributed by atoms with Crippen LogP contribution in [0.25, 0.3) is 0 Å². The zero-order valence-corrected chi connectivity index (χ0v) is 12.1. The lowest BCUT2D eigenvalue weighted by Crippen LogP contribution is -2.26. The van der Waals surface area contributed by atoms with Crippen molar-refractivity contribution < 1.29 is 8.42 Å². The van der Waals surface area contributed by atoms with Crippen LogP contribution in [0.3, 0.4) is 0 Å². The molecule has 0 aliphatic carbocycles. The van der Waals surface area contributed by atoms with E-state index < -0.39 is 10.0 Å². The second-order valence-electron chi connectivity index (χ2n) is 4.12. The summed E-state index contributed by atoms with van der Waals surface area (Å²) in [5.41, 5.74) is 0.956. The van der Waals surface area contributed by atoms with E-state index in [0.29, 0.717) is 6.42 Å². The molecule has 0 saturated carbocycles. The lowest BCUT2D eigenvalue weighted by molar-refractivity contribution is 0.578. The molecule has 0 aliphatic heterocycles. The Labute approximate surface area is 116 Å². The van der Waals surface area contributed by atoms with Gasteiger partial charge in [-0.1, -0.05) is 11.6 Å². The van der Waals surface area contributed by atoms with Gasteiger partial charge in [-0.2, -0.15) is 5.10 Å². The predicted molar refractivity (Wildman–Crippen MR) is 70.3 cm³/mol. The van der Waals surface area contributed by atoms with Gasteiger partial charge < -0.3 is 4.57 Å². The lowest BCUT2D eigenvalue weighted by atomic mass is 10.3. The molecule has 0 atom stereocenters. The summed E-state index contributed by atoms with van der Waals surface area (Å²) in [7, 11) is -0.239. The molecule has 2 aromatic rings. The minimum atomic E-state index is -3.67. The highest BCUT2D eigenvalue weighted by Crippen LogP contribution is 2.18. The van der Waals surface area contributed by atoms with Crippen LogP contribution in [-0.4, -0.2) is 34.3 Å². The molecule has 104 valence electrons. The first-order valence-electron chi connectivity index (χ1n) is 5.54. The number of rotatable bonds is 5. The molecule has 0 fully saturated rings. The molecule has 0 bridgehead atoms. The van der Waals surface area contributed by atoms with Gasteiger partial charge in [0, 0.05) is 26.8 Å². The van der Waals surface area contributed by atoms with Crippen molar-refractivity contribution in [2.45, 2.75) is 11.4 Å². The Morgan fingerprint density at radius 1 is 1.42 bits per heavy atom. The van der Waals surface area contributed by atoms with Crippen LogP contribution in [0.1, 0.15) is 5.56 Å². The molecule has 1 N–H and O–H groups in total. The van der Waals surface area contributed by atoms with Crippen LogP contribution in [0, 0.1) is 0 Å². The Hall–Kier alpha value is -1.38. The van der Waals surface area contributed by atoms with Crippen molar-refractivity contribution in [3.05, 3.63) is 29.4 Å². The van der Waals surface area contributed by atoms with E-state index in [9.17, 15) is 8.42 Å². The normalized spacial score (nSPS) is 11.9. The Bertz CT molecular complexity index is 676. The lowest BCUT2D eigenvalue weighted by Gasteiger charge is -2.04. The number of nitrogens with one attached hydrogen (secondary N) is 1. The first kappa shape index (κ1) is 14.0. The minimum absolute atomic E-state index is 0.0916. The fourth-order valence-corrected chi connectivity index (χ4v) is 3.03. The van der Waals surface area contributed by atoms with Crippen molar-refractivity contribution >= 4 is 21.6 Å². The maximum Gasteiger partial charge on any atom is 0.261 e. The molecule has 2 rings (SSSR count). The van der Waals surface area contributed by atoms with Gasteiger partial charge in [-0.05, 0) is 12.0 Å². The van der Waals surface area contributed by atoms with Crippen LogP contribution in [-0.2, 0) is 30.5 Å². The summed E-state index contributed by atoms with van der Waals surface area (Å²) in [6, 6.07) is 0. The monoisotopic (exact) mass is 303 g/mol. The largest absolute Gasteiger partial charge is 0.324 e. The van der Waals surface area contributed by atoms with Gasteiger partial charge in [-0.3, -0.25) is 4.68 Å². The third-order valence-corrected chi connectivity index (χ3v) is 4.50. The van der Waals surface area contributed by atoms with Crippen LogP contribution < -0.4 is 4.72 Å². The molecule has 0 spiro atoms. The summed E-state index contributed by atoms with van der Waals surface area (Å²) >= 11 is 5.86. The Morgan fingerprint density at radius 2 is 2.16 bits per heavy atom. The Balaban J connectivity index is 2.00. The first-order valence-corrected chi connectivity index (χ1v) is 7.40. The topological polar surface area (TPSA) is 81.8 Å². The molecule has 0 radical (unpaired) electrons. The molecule has 0 aromatic carbocycles. The highest BCUT2D eigenvalue weighted by Gasteiger charge is 2.21.